The molecule has 0 radical (unpaired) electrons. The lowest BCUT2D eigenvalue weighted by molar-refractivity contribution is -0.117. The van der Waals surface area contributed by atoms with Gasteiger partial charge in [0.15, 0.2) is 0 Å². The van der Waals surface area contributed by atoms with Crippen molar-refractivity contribution in [3.05, 3.63) is 47.5 Å². The molecule has 0 atom stereocenters. The lowest BCUT2D eigenvalue weighted by Crippen LogP contribution is -2.26. The molecular weight excluding hydrogens is 304 g/mol. The van der Waals surface area contributed by atoms with Crippen LogP contribution in [0.15, 0.2) is 42.0 Å². The van der Waals surface area contributed by atoms with E-state index in [9.17, 15) is 10.1 Å². The average Bonchev–Trinajstić information content (AvgIpc) is 2.62. The number of hydrogen-bond donors (Lipinski definition) is 1. The minimum atomic E-state index is -0.399. The molecule has 0 aromatic heterocycles. The Labute approximate surface area is 141 Å². The van der Waals surface area contributed by atoms with Crippen LogP contribution >= 0.6 is 0 Å². The number of rotatable bonds is 7. The number of fused-ring (bicyclic) bond motifs is 1. The zero-order chi connectivity index (χ0) is 17.4. The highest BCUT2D eigenvalue weighted by Crippen LogP contribution is 2.30. The molecule has 5 nitrogen and oxygen atoms in total. The largest absolute Gasteiger partial charge is 0.496 e. The molecule has 1 amide bonds. The molecular formula is C19H20N2O3. The molecule has 24 heavy (non-hydrogen) atoms. The first kappa shape index (κ1) is 17.5. The number of methoxy groups -OCH3 is 2. The Morgan fingerprint density at radius 2 is 2.04 bits per heavy atom. The third-order valence-electron chi connectivity index (χ3n) is 3.62. The van der Waals surface area contributed by atoms with Crippen molar-refractivity contribution in [2.24, 2.45) is 0 Å². The Kier molecular flexibility index (Phi) is 6.35. The summed E-state index contributed by atoms with van der Waals surface area (Å²) in [6, 6.07) is 13.5. The molecule has 0 heterocycles. The lowest BCUT2D eigenvalue weighted by atomic mass is 10.0. The van der Waals surface area contributed by atoms with Crippen LogP contribution in [0, 0.1) is 11.3 Å². The van der Waals surface area contributed by atoms with Crippen LogP contribution in [-0.4, -0.2) is 33.3 Å². The van der Waals surface area contributed by atoms with Crippen molar-refractivity contribution in [1.82, 2.24) is 5.32 Å². The topological polar surface area (TPSA) is 71.3 Å². The normalized spacial score (nSPS) is 11.1. The molecule has 0 aliphatic rings. The zero-order valence-electron chi connectivity index (χ0n) is 13.8. The standard InChI is InChI=1S/C19H20N2O3/c1-23-11-5-10-21-19(22)15(13-20)12-17-16-7-4-3-6-14(16)8-9-18(17)24-2/h3-4,6-9,12H,5,10-11H2,1-2H3,(H,21,22)/b15-12+. The summed E-state index contributed by atoms with van der Waals surface area (Å²) in [5, 5.41) is 14.0. The van der Waals surface area contributed by atoms with Gasteiger partial charge in [0.05, 0.1) is 7.11 Å². The van der Waals surface area contributed by atoms with Gasteiger partial charge in [-0.3, -0.25) is 4.79 Å². The van der Waals surface area contributed by atoms with E-state index in [0.717, 1.165) is 16.3 Å². The number of benzene rings is 2. The number of amides is 1. The van der Waals surface area contributed by atoms with E-state index < -0.39 is 5.91 Å². The maximum Gasteiger partial charge on any atom is 0.261 e. The minimum absolute atomic E-state index is 0.0436. The number of ether oxygens (including phenoxy) is 2. The highest BCUT2D eigenvalue weighted by atomic mass is 16.5. The van der Waals surface area contributed by atoms with Crippen molar-refractivity contribution >= 4 is 22.8 Å². The third kappa shape index (κ3) is 4.12. The molecule has 2 rings (SSSR count). The van der Waals surface area contributed by atoms with Crippen molar-refractivity contribution in [2.45, 2.75) is 6.42 Å². The van der Waals surface area contributed by atoms with Gasteiger partial charge in [0.25, 0.3) is 5.91 Å². The van der Waals surface area contributed by atoms with Crippen LogP contribution in [0.4, 0.5) is 0 Å². The Hall–Kier alpha value is -2.84. The fraction of sp³-hybridized carbons (Fsp3) is 0.263. The molecule has 0 saturated heterocycles. The molecule has 1 N–H and O–H groups in total. The first-order chi connectivity index (χ1) is 11.7. The molecule has 2 aromatic rings. The number of nitrogens with one attached hydrogen (secondary N) is 1. The van der Waals surface area contributed by atoms with Crippen LogP contribution in [0.3, 0.4) is 0 Å². The molecule has 124 valence electrons. The molecule has 2 aromatic carbocycles. The van der Waals surface area contributed by atoms with E-state index >= 15 is 0 Å². The van der Waals surface area contributed by atoms with Gasteiger partial charge in [0.1, 0.15) is 17.4 Å². The summed E-state index contributed by atoms with van der Waals surface area (Å²) in [6.45, 7) is 1.02. The second kappa shape index (κ2) is 8.70. The highest BCUT2D eigenvalue weighted by molar-refractivity contribution is 6.04. The van der Waals surface area contributed by atoms with Crippen molar-refractivity contribution in [1.29, 1.82) is 5.26 Å². The molecule has 0 spiro atoms. The van der Waals surface area contributed by atoms with Gasteiger partial charge < -0.3 is 14.8 Å². The quantitative estimate of drug-likeness (QED) is 0.483. The monoisotopic (exact) mass is 324 g/mol. The predicted molar refractivity (Wildman–Crippen MR) is 93.6 cm³/mol. The third-order valence-corrected chi connectivity index (χ3v) is 3.62. The Balaban J connectivity index is 2.35. The summed E-state index contributed by atoms with van der Waals surface area (Å²) in [5.41, 5.74) is 0.765. The fourth-order valence-corrected chi connectivity index (χ4v) is 2.41. The van der Waals surface area contributed by atoms with Gasteiger partial charge in [-0.1, -0.05) is 30.3 Å². The van der Waals surface area contributed by atoms with E-state index in [4.69, 9.17) is 9.47 Å². The smallest absolute Gasteiger partial charge is 0.261 e. The fourth-order valence-electron chi connectivity index (χ4n) is 2.41. The maximum atomic E-state index is 12.2. The van der Waals surface area contributed by atoms with Crippen LogP contribution in [0.25, 0.3) is 16.8 Å². The average molecular weight is 324 g/mol. The van der Waals surface area contributed by atoms with E-state index in [2.05, 4.69) is 5.32 Å². The van der Waals surface area contributed by atoms with E-state index in [1.165, 1.54) is 0 Å². The number of carbonyl (C=O) groups is 1. The summed E-state index contributed by atoms with van der Waals surface area (Å²) < 4.78 is 10.3. The summed E-state index contributed by atoms with van der Waals surface area (Å²) in [4.78, 5) is 12.2. The van der Waals surface area contributed by atoms with Crippen LogP contribution in [0.2, 0.25) is 0 Å². The molecule has 0 bridgehead atoms. The van der Waals surface area contributed by atoms with E-state index in [1.807, 2.05) is 42.5 Å². The van der Waals surface area contributed by atoms with E-state index in [0.29, 0.717) is 25.3 Å². The predicted octanol–water partition coefficient (Wildman–Crippen LogP) is 2.91. The van der Waals surface area contributed by atoms with E-state index in [-0.39, 0.29) is 5.57 Å². The molecule has 5 heteroatoms. The molecule has 0 aliphatic heterocycles. The summed E-state index contributed by atoms with van der Waals surface area (Å²) >= 11 is 0. The van der Waals surface area contributed by atoms with Gasteiger partial charge in [-0.05, 0) is 29.3 Å². The van der Waals surface area contributed by atoms with Crippen molar-refractivity contribution in [2.75, 3.05) is 27.4 Å². The Morgan fingerprint density at radius 1 is 1.25 bits per heavy atom. The Morgan fingerprint density at radius 3 is 2.75 bits per heavy atom. The zero-order valence-corrected chi connectivity index (χ0v) is 13.8. The van der Waals surface area contributed by atoms with E-state index in [1.54, 1.807) is 20.3 Å². The van der Waals surface area contributed by atoms with Crippen LogP contribution in [-0.2, 0) is 9.53 Å². The SMILES string of the molecule is COCCCNC(=O)/C(C#N)=C/c1c(OC)ccc2ccccc12. The second-order valence-corrected chi connectivity index (χ2v) is 5.17. The number of nitriles is 1. The van der Waals surface area contributed by atoms with Crippen LogP contribution in [0.1, 0.15) is 12.0 Å². The summed E-state index contributed by atoms with van der Waals surface area (Å²) in [7, 11) is 3.17. The number of nitrogens with zero attached hydrogens (tertiary/aromatic N) is 1. The molecule has 0 fully saturated rings. The van der Waals surface area contributed by atoms with Gasteiger partial charge in [-0.15, -0.1) is 0 Å². The number of hydrogen-bond acceptors (Lipinski definition) is 4. The lowest BCUT2D eigenvalue weighted by Gasteiger charge is -2.10. The molecule has 0 unspecified atom stereocenters. The van der Waals surface area contributed by atoms with Crippen molar-refractivity contribution in [3.8, 4) is 11.8 Å². The summed E-state index contributed by atoms with van der Waals surface area (Å²) in [5.74, 6) is 0.220. The molecule has 0 saturated carbocycles. The first-order valence-electron chi connectivity index (χ1n) is 7.66. The van der Waals surface area contributed by atoms with Crippen LogP contribution < -0.4 is 10.1 Å². The minimum Gasteiger partial charge on any atom is -0.496 e. The van der Waals surface area contributed by atoms with Crippen molar-refractivity contribution in [3.63, 3.8) is 0 Å². The second-order valence-electron chi connectivity index (χ2n) is 5.17. The first-order valence-corrected chi connectivity index (χ1v) is 7.66. The van der Waals surface area contributed by atoms with Gasteiger partial charge in [-0.2, -0.15) is 5.26 Å². The maximum absolute atomic E-state index is 12.2. The van der Waals surface area contributed by atoms with Crippen molar-refractivity contribution < 1.29 is 14.3 Å². The van der Waals surface area contributed by atoms with Gasteiger partial charge in [-0.25, -0.2) is 0 Å². The van der Waals surface area contributed by atoms with Crippen LogP contribution in [0.5, 0.6) is 5.75 Å². The molecule has 0 aliphatic carbocycles. The highest BCUT2D eigenvalue weighted by Gasteiger charge is 2.12. The van der Waals surface area contributed by atoms with Gasteiger partial charge in [0, 0.05) is 25.8 Å². The summed E-state index contributed by atoms with van der Waals surface area (Å²) in [6.07, 6.45) is 2.27. The van der Waals surface area contributed by atoms with Gasteiger partial charge in [0.2, 0.25) is 0 Å². The van der Waals surface area contributed by atoms with Gasteiger partial charge >= 0.3 is 0 Å². The Bertz CT molecular complexity index is 791. The number of carbonyl (C=O) groups excluding carboxylic acids is 1.